The molecular weight excluding hydrogens is 228 g/mol. The topological polar surface area (TPSA) is 38.7 Å². The van der Waals surface area contributed by atoms with Gasteiger partial charge in [-0.15, -0.1) is 0 Å². The molecule has 0 bridgehead atoms. The Morgan fingerprint density at radius 1 is 1.11 bits per heavy atom. The summed E-state index contributed by atoms with van der Waals surface area (Å²) in [5.41, 5.74) is 1.13. The van der Waals surface area contributed by atoms with Gasteiger partial charge in [0.25, 0.3) is 0 Å². The van der Waals surface area contributed by atoms with Gasteiger partial charge in [-0.25, -0.2) is 0 Å². The molecule has 3 nitrogen and oxygen atoms in total. The molecule has 2 unspecified atom stereocenters. The highest BCUT2D eigenvalue weighted by atomic mass is 16.5. The summed E-state index contributed by atoms with van der Waals surface area (Å²) >= 11 is 0. The van der Waals surface area contributed by atoms with E-state index in [0.717, 1.165) is 5.56 Å². The zero-order chi connectivity index (χ0) is 13.1. The first-order chi connectivity index (χ1) is 8.59. The summed E-state index contributed by atoms with van der Waals surface area (Å²) in [7, 11) is 0. The van der Waals surface area contributed by atoms with Crippen LogP contribution in [0.25, 0.3) is 0 Å². The van der Waals surface area contributed by atoms with E-state index < -0.39 is 6.10 Å². The number of ether oxygens (including phenoxy) is 2. The molecule has 5 atom stereocenters. The van der Waals surface area contributed by atoms with E-state index in [2.05, 4.69) is 6.92 Å². The van der Waals surface area contributed by atoms with Gasteiger partial charge in [0.1, 0.15) is 6.10 Å². The molecule has 2 rings (SSSR count). The first kappa shape index (κ1) is 13.5. The highest BCUT2D eigenvalue weighted by Crippen LogP contribution is 2.28. The van der Waals surface area contributed by atoms with Crippen molar-refractivity contribution in [3.05, 3.63) is 35.9 Å². The van der Waals surface area contributed by atoms with Crippen molar-refractivity contribution in [2.24, 2.45) is 5.92 Å². The average Bonchev–Trinajstić information content (AvgIpc) is 2.38. The van der Waals surface area contributed by atoms with Gasteiger partial charge in [-0.1, -0.05) is 37.3 Å². The van der Waals surface area contributed by atoms with Crippen LogP contribution in [-0.4, -0.2) is 29.5 Å². The highest BCUT2D eigenvalue weighted by Gasteiger charge is 2.39. The maximum Gasteiger partial charge on any atom is 0.106 e. The number of aliphatic hydroxyl groups excluding tert-OH is 1. The Balaban J connectivity index is 1.98. The third kappa shape index (κ3) is 2.91. The van der Waals surface area contributed by atoms with E-state index in [1.54, 1.807) is 0 Å². The van der Waals surface area contributed by atoms with Crippen LogP contribution >= 0.6 is 0 Å². The molecule has 0 aromatic heterocycles. The summed E-state index contributed by atoms with van der Waals surface area (Å²) in [6, 6.07) is 10.0. The summed E-state index contributed by atoms with van der Waals surface area (Å²) in [5, 5.41) is 10.2. The Bertz CT molecular complexity index is 351. The molecule has 0 saturated carbocycles. The molecular formula is C15H22O3. The number of aliphatic hydroxyl groups is 1. The molecule has 0 amide bonds. The van der Waals surface area contributed by atoms with Crippen molar-refractivity contribution in [2.45, 2.75) is 51.8 Å². The quantitative estimate of drug-likeness (QED) is 0.895. The molecule has 100 valence electrons. The largest absolute Gasteiger partial charge is 0.388 e. The molecule has 1 aromatic carbocycles. The second kappa shape index (κ2) is 5.83. The average molecular weight is 250 g/mol. The summed E-state index contributed by atoms with van der Waals surface area (Å²) < 4.78 is 11.6. The number of hydrogen-bond donors (Lipinski definition) is 1. The minimum absolute atomic E-state index is 0.115. The van der Waals surface area contributed by atoms with E-state index in [1.807, 2.05) is 44.2 Å². The van der Waals surface area contributed by atoms with Crippen molar-refractivity contribution in [3.63, 3.8) is 0 Å². The summed E-state index contributed by atoms with van der Waals surface area (Å²) in [6.45, 7) is 6.53. The van der Waals surface area contributed by atoms with Gasteiger partial charge in [0, 0.05) is 5.92 Å². The molecule has 0 aliphatic carbocycles. The predicted molar refractivity (Wildman–Crippen MR) is 70.2 cm³/mol. The minimum atomic E-state index is -0.556. The molecule has 0 spiro atoms. The van der Waals surface area contributed by atoms with Crippen molar-refractivity contribution < 1.29 is 14.6 Å². The lowest BCUT2D eigenvalue weighted by atomic mass is 9.89. The van der Waals surface area contributed by atoms with Gasteiger partial charge in [0.2, 0.25) is 0 Å². The van der Waals surface area contributed by atoms with E-state index in [-0.39, 0.29) is 24.2 Å². The lowest BCUT2D eigenvalue weighted by Crippen LogP contribution is -2.52. The van der Waals surface area contributed by atoms with Gasteiger partial charge in [0.05, 0.1) is 24.9 Å². The van der Waals surface area contributed by atoms with Gasteiger partial charge in [-0.2, -0.15) is 0 Å². The van der Waals surface area contributed by atoms with E-state index >= 15 is 0 Å². The highest BCUT2D eigenvalue weighted by molar-refractivity contribution is 5.13. The van der Waals surface area contributed by atoms with Crippen LogP contribution in [0.3, 0.4) is 0 Å². The molecule has 1 aliphatic rings. The van der Waals surface area contributed by atoms with E-state index in [0.29, 0.717) is 6.61 Å². The van der Waals surface area contributed by atoms with Crippen molar-refractivity contribution in [1.82, 2.24) is 0 Å². The van der Waals surface area contributed by atoms with Crippen LogP contribution < -0.4 is 0 Å². The maximum atomic E-state index is 10.2. The summed E-state index contributed by atoms with van der Waals surface area (Å²) in [6.07, 6.45) is -0.773. The maximum absolute atomic E-state index is 10.2. The third-order valence-corrected chi connectivity index (χ3v) is 3.79. The van der Waals surface area contributed by atoms with Crippen molar-refractivity contribution in [3.8, 4) is 0 Å². The molecule has 3 heteroatoms. The van der Waals surface area contributed by atoms with Crippen molar-refractivity contribution in [2.75, 3.05) is 0 Å². The fourth-order valence-corrected chi connectivity index (χ4v) is 2.41. The number of rotatable bonds is 3. The molecule has 1 fully saturated rings. The van der Waals surface area contributed by atoms with Crippen LogP contribution in [-0.2, 0) is 16.1 Å². The van der Waals surface area contributed by atoms with Crippen molar-refractivity contribution in [1.29, 1.82) is 0 Å². The predicted octanol–water partition coefficient (Wildman–Crippen LogP) is 2.38. The number of hydrogen-bond acceptors (Lipinski definition) is 3. The minimum Gasteiger partial charge on any atom is -0.388 e. The van der Waals surface area contributed by atoms with E-state index in [9.17, 15) is 5.11 Å². The number of benzene rings is 1. The standard InChI is InChI=1S/C15H22O3/c1-10-11(2)18-12(3)14(16)15(10)17-9-13-7-5-4-6-8-13/h4-8,10-12,14-16H,9H2,1-3H3/t10-,11?,12?,14+,15-/m1/s1. The Hall–Kier alpha value is -0.900. The van der Waals surface area contributed by atoms with Crippen LogP contribution in [0, 0.1) is 5.92 Å². The molecule has 1 heterocycles. The Morgan fingerprint density at radius 2 is 1.78 bits per heavy atom. The smallest absolute Gasteiger partial charge is 0.106 e. The van der Waals surface area contributed by atoms with Gasteiger partial charge >= 0.3 is 0 Å². The third-order valence-electron chi connectivity index (χ3n) is 3.79. The summed E-state index contributed by atoms with van der Waals surface area (Å²) in [4.78, 5) is 0. The van der Waals surface area contributed by atoms with E-state index in [4.69, 9.17) is 9.47 Å². The Morgan fingerprint density at radius 3 is 2.44 bits per heavy atom. The van der Waals surface area contributed by atoms with Gasteiger partial charge in [-0.05, 0) is 19.4 Å². The van der Waals surface area contributed by atoms with Crippen LogP contribution in [0.1, 0.15) is 26.3 Å². The molecule has 18 heavy (non-hydrogen) atoms. The van der Waals surface area contributed by atoms with Crippen LogP contribution in [0.15, 0.2) is 30.3 Å². The Kier molecular flexibility index (Phi) is 4.38. The van der Waals surface area contributed by atoms with Gasteiger partial charge in [-0.3, -0.25) is 0 Å². The zero-order valence-electron chi connectivity index (χ0n) is 11.2. The SMILES string of the molecule is CC1OC(C)[C@H](O)[C@H](OCc2ccccc2)[C@@H]1C. The van der Waals surface area contributed by atoms with Crippen LogP contribution in [0.4, 0.5) is 0 Å². The fourth-order valence-electron chi connectivity index (χ4n) is 2.41. The molecule has 1 aromatic rings. The zero-order valence-corrected chi connectivity index (χ0v) is 11.2. The lowest BCUT2D eigenvalue weighted by Gasteiger charge is -2.41. The van der Waals surface area contributed by atoms with Gasteiger partial charge in [0.15, 0.2) is 0 Å². The van der Waals surface area contributed by atoms with Gasteiger partial charge < -0.3 is 14.6 Å². The lowest BCUT2D eigenvalue weighted by molar-refractivity contribution is -0.204. The molecule has 0 radical (unpaired) electrons. The molecule has 1 aliphatic heterocycles. The normalized spacial score (nSPS) is 36.6. The molecule has 1 N–H and O–H groups in total. The molecule has 1 saturated heterocycles. The van der Waals surface area contributed by atoms with Crippen molar-refractivity contribution >= 4 is 0 Å². The second-order valence-electron chi connectivity index (χ2n) is 5.16. The summed E-state index contributed by atoms with van der Waals surface area (Å²) in [5.74, 6) is 0.194. The van der Waals surface area contributed by atoms with Crippen LogP contribution in [0.2, 0.25) is 0 Å². The monoisotopic (exact) mass is 250 g/mol. The first-order valence-electron chi connectivity index (χ1n) is 6.58. The van der Waals surface area contributed by atoms with E-state index in [1.165, 1.54) is 0 Å². The second-order valence-corrected chi connectivity index (χ2v) is 5.16. The Labute approximate surface area is 109 Å². The first-order valence-corrected chi connectivity index (χ1v) is 6.58. The van der Waals surface area contributed by atoms with Crippen LogP contribution in [0.5, 0.6) is 0 Å². The fraction of sp³-hybridized carbons (Fsp3) is 0.600.